The molecule has 23 heavy (non-hydrogen) atoms. The Bertz CT molecular complexity index is 560. The fourth-order valence-electron chi connectivity index (χ4n) is 2.03. The summed E-state index contributed by atoms with van der Waals surface area (Å²) in [5.74, 6) is 0.233. The van der Waals surface area contributed by atoms with Gasteiger partial charge >= 0.3 is 6.09 Å². The highest BCUT2D eigenvalue weighted by Gasteiger charge is 2.15. The number of alkyl carbamates (subject to hydrolysis) is 1. The van der Waals surface area contributed by atoms with Crippen molar-refractivity contribution in [2.75, 3.05) is 13.1 Å². The molecule has 0 heterocycles. The molecule has 0 aromatic heterocycles. The fourth-order valence-corrected chi connectivity index (χ4v) is 2.03. The Hall–Kier alpha value is -2.04. The van der Waals surface area contributed by atoms with Crippen LogP contribution in [0.4, 0.5) is 4.79 Å². The van der Waals surface area contributed by atoms with E-state index in [4.69, 9.17) is 4.74 Å². The van der Waals surface area contributed by atoms with Gasteiger partial charge in [-0.05, 0) is 51.3 Å². The first-order valence-electron chi connectivity index (χ1n) is 7.95. The average molecular weight is 320 g/mol. The largest absolute Gasteiger partial charge is 0.444 e. The molecule has 2 amide bonds. The van der Waals surface area contributed by atoms with Crippen LogP contribution < -0.4 is 10.6 Å². The maximum atomic E-state index is 12.2. The third-order valence-corrected chi connectivity index (χ3v) is 3.11. The fraction of sp³-hybridized carbons (Fsp3) is 0.556. The minimum atomic E-state index is -0.526. The van der Waals surface area contributed by atoms with Crippen molar-refractivity contribution in [3.8, 4) is 0 Å². The summed E-state index contributed by atoms with van der Waals surface area (Å²) in [6.45, 7) is 12.3. The monoisotopic (exact) mass is 320 g/mol. The second-order valence-electron chi connectivity index (χ2n) is 6.97. The van der Waals surface area contributed by atoms with Crippen molar-refractivity contribution in [3.05, 3.63) is 34.9 Å². The van der Waals surface area contributed by atoms with Gasteiger partial charge in [-0.1, -0.05) is 25.5 Å². The minimum Gasteiger partial charge on any atom is -0.444 e. The number of carbonyl (C=O) groups excluding carboxylic acids is 2. The quantitative estimate of drug-likeness (QED) is 0.817. The van der Waals surface area contributed by atoms with Crippen LogP contribution in [0.25, 0.3) is 0 Å². The van der Waals surface area contributed by atoms with E-state index < -0.39 is 11.7 Å². The molecule has 128 valence electrons. The van der Waals surface area contributed by atoms with Gasteiger partial charge in [-0.25, -0.2) is 4.79 Å². The van der Waals surface area contributed by atoms with Crippen LogP contribution in [-0.2, 0) is 4.74 Å². The zero-order valence-electron chi connectivity index (χ0n) is 14.9. The Morgan fingerprint density at radius 1 is 1.09 bits per heavy atom. The Labute approximate surface area is 138 Å². The Balaban J connectivity index is 2.47. The molecule has 2 N–H and O–H groups in total. The molecule has 0 atom stereocenters. The van der Waals surface area contributed by atoms with Gasteiger partial charge in [0, 0.05) is 18.7 Å². The normalized spacial score (nSPS) is 11.3. The van der Waals surface area contributed by atoms with E-state index in [2.05, 4.69) is 30.5 Å². The van der Waals surface area contributed by atoms with Crippen molar-refractivity contribution >= 4 is 12.0 Å². The standard InChI is InChI=1S/C18H28N2O3/c1-12(2)14-9-13(3)10-15(11-14)16(21)19-7-8-20-17(22)23-18(4,5)6/h9-12H,7-8H2,1-6H3,(H,19,21)(H,20,22). The lowest BCUT2D eigenvalue weighted by atomic mass is 9.98. The smallest absolute Gasteiger partial charge is 0.407 e. The number of ether oxygens (including phenoxy) is 1. The number of aryl methyl sites for hydroxylation is 1. The van der Waals surface area contributed by atoms with Crippen LogP contribution in [0.15, 0.2) is 18.2 Å². The van der Waals surface area contributed by atoms with Crippen molar-refractivity contribution in [2.24, 2.45) is 0 Å². The maximum Gasteiger partial charge on any atom is 0.407 e. The summed E-state index contributed by atoms with van der Waals surface area (Å²) in [7, 11) is 0. The topological polar surface area (TPSA) is 67.4 Å². The summed E-state index contributed by atoms with van der Waals surface area (Å²) in [5, 5.41) is 5.41. The lowest BCUT2D eigenvalue weighted by molar-refractivity contribution is 0.0526. The maximum absolute atomic E-state index is 12.2. The molecular weight excluding hydrogens is 292 g/mol. The van der Waals surface area contributed by atoms with Gasteiger partial charge < -0.3 is 15.4 Å². The molecule has 5 nitrogen and oxygen atoms in total. The van der Waals surface area contributed by atoms with Gasteiger partial charge in [0.15, 0.2) is 0 Å². The molecule has 0 fully saturated rings. The number of carbonyl (C=O) groups is 2. The van der Waals surface area contributed by atoms with Crippen LogP contribution in [0, 0.1) is 6.92 Å². The van der Waals surface area contributed by atoms with E-state index in [0.717, 1.165) is 11.1 Å². The van der Waals surface area contributed by atoms with E-state index in [-0.39, 0.29) is 5.91 Å². The van der Waals surface area contributed by atoms with E-state index in [1.165, 1.54) is 0 Å². The average Bonchev–Trinajstić information content (AvgIpc) is 2.40. The summed E-state index contributed by atoms with van der Waals surface area (Å²) < 4.78 is 5.12. The Morgan fingerprint density at radius 2 is 1.70 bits per heavy atom. The molecule has 1 rings (SSSR count). The summed E-state index contributed by atoms with van der Waals surface area (Å²) in [5.41, 5.74) is 2.32. The van der Waals surface area contributed by atoms with Gasteiger partial charge in [0.1, 0.15) is 5.60 Å². The molecule has 0 saturated carbocycles. The van der Waals surface area contributed by atoms with Crippen LogP contribution in [0.2, 0.25) is 0 Å². The molecule has 0 saturated heterocycles. The second kappa shape index (κ2) is 7.99. The highest BCUT2D eigenvalue weighted by Crippen LogP contribution is 2.18. The highest BCUT2D eigenvalue weighted by atomic mass is 16.6. The SMILES string of the molecule is Cc1cc(C(=O)NCCNC(=O)OC(C)(C)C)cc(C(C)C)c1. The number of hydrogen-bond acceptors (Lipinski definition) is 3. The van der Waals surface area contributed by atoms with Gasteiger partial charge in [-0.15, -0.1) is 0 Å². The van der Waals surface area contributed by atoms with Gasteiger partial charge in [-0.2, -0.15) is 0 Å². The first-order valence-corrected chi connectivity index (χ1v) is 7.95. The molecule has 1 aromatic rings. The molecule has 1 aromatic carbocycles. The van der Waals surface area contributed by atoms with E-state index >= 15 is 0 Å². The van der Waals surface area contributed by atoms with Crippen LogP contribution in [-0.4, -0.2) is 30.7 Å². The van der Waals surface area contributed by atoms with E-state index in [1.54, 1.807) is 20.8 Å². The molecular formula is C18H28N2O3. The Kier molecular flexibility index (Phi) is 6.61. The number of hydrogen-bond donors (Lipinski definition) is 2. The van der Waals surface area contributed by atoms with Crippen molar-refractivity contribution in [2.45, 2.75) is 53.1 Å². The van der Waals surface area contributed by atoms with Crippen LogP contribution in [0.5, 0.6) is 0 Å². The number of rotatable bonds is 5. The minimum absolute atomic E-state index is 0.137. The van der Waals surface area contributed by atoms with Crippen molar-refractivity contribution in [3.63, 3.8) is 0 Å². The van der Waals surface area contributed by atoms with E-state index in [9.17, 15) is 9.59 Å². The molecule has 0 bridgehead atoms. The number of amides is 2. The third-order valence-electron chi connectivity index (χ3n) is 3.11. The predicted molar refractivity (Wildman–Crippen MR) is 91.8 cm³/mol. The van der Waals surface area contributed by atoms with Gasteiger partial charge in [0.05, 0.1) is 0 Å². The third kappa shape index (κ3) is 7.17. The first kappa shape index (κ1) is 19.0. The predicted octanol–water partition coefficient (Wildman–Crippen LogP) is 3.37. The lowest BCUT2D eigenvalue weighted by Crippen LogP contribution is -2.37. The summed E-state index contributed by atoms with van der Waals surface area (Å²) in [6.07, 6.45) is -0.482. The second-order valence-corrected chi connectivity index (χ2v) is 6.97. The number of benzene rings is 1. The highest BCUT2D eigenvalue weighted by molar-refractivity contribution is 5.94. The Morgan fingerprint density at radius 3 is 2.26 bits per heavy atom. The number of nitrogens with one attached hydrogen (secondary N) is 2. The molecule has 0 spiro atoms. The molecule has 0 unspecified atom stereocenters. The molecule has 0 aliphatic heterocycles. The van der Waals surface area contributed by atoms with Crippen LogP contribution in [0.3, 0.4) is 0 Å². The van der Waals surface area contributed by atoms with Crippen molar-refractivity contribution in [1.29, 1.82) is 0 Å². The van der Waals surface area contributed by atoms with E-state index in [0.29, 0.717) is 24.6 Å². The summed E-state index contributed by atoms with van der Waals surface area (Å²) in [6, 6.07) is 5.86. The molecule has 0 aliphatic rings. The lowest BCUT2D eigenvalue weighted by Gasteiger charge is -2.19. The summed E-state index contributed by atoms with van der Waals surface area (Å²) in [4.78, 5) is 23.7. The zero-order valence-corrected chi connectivity index (χ0v) is 14.9. The van der Waals surface area contributed by atoms with Crippen molar-refractivity contribution < 1.29 is 14.3 Å². The summed E-state index contributed by atoms with van der Waals surface area (Å²) >= 11 is 0. The van der Waals surface area contributed by atoms with Gasteiger partial charge in [-0.3, -0.25) is 4.79 Å². The van der Waals surface area contributed by atoms with Crippen LogP contribution >= 0.6 is 0 Å². The first-order chi connectivity index (χ1) is 10.6. The van der Waals surface area contributed by atoms with Gasteiger partial charge in [0.2, 0.25) is 0 Å². The van der Waals surface area contributed by atoms with Gasteiger partial charge in [0.25, 0.3) is 5.91 Å². The molecule has 5 heteroatoms. The zero-order chi connectivity index (χ0) is 17.6. The van der Waals surface area contributed by atoms with E-state index in [1.807, 2.05) is 19.1 Å². The van der Waals surface area contributed by atoms with Crippen molar-refractivity contribution in [1.82, 2.24) is 10.6 Å². The molecule has 0 aliphatic carbocycles. The van der Waals surface area contributed by atoms with Crippen LogP contribution in [0.1, 0.15) is 62.0 Å². The molecule has 0 radical (unpaired) electrons.